The van der Waals surface area contributed by atoms with Crippen molar-refractivity contribution >= 4 is 18.5 Å². The number of thiol groups is 1. The van der Waals surface area contributed by atoms with E-state index in [1.807, 2.05) is 0 Å². The van der Waals surface area contributed by atoms with E-state index in [1.165, 1.54) is 19.3 Å². The SMILES string of the molecule is CC1(C)CCCCC1NC(=O)CCS. The molecule has 1 aliphatic rings. The van der Waals surface area contributed by atoms with Gasteiger partial charge in [-0.05, 0) is 24.0 Å². The molecular weight excluding hydrogens is 194 g/mol. The molecule has 1 amide bonds. The minimum atomic E-state index is 0.153. The van der Waals surface area contributed by atoms with Gasteiger partial charge in [-0.3, -0.25) is 4.79 Å². The highest BCUT2D eigenvalue weighted by Gasteiger charge is 2.32. The van der Waals surface area contributed by atoms with Crippen LogP contribution in [0.4, 0.5) is 0 Å². The lowest BCUT2D eigenvalue weighted by molar-refractivity contribution is -0.122. The van der Waals surface area contributed by atoms with Gasteiger partial charge in [0.15, 0.2) is 0 Å². The van der Waals surface area contributed by atoms with Crippen LogP contribution in [0.1, 0.15) is 46.0 Å². The van der Waals surface area contributed by atoms with Crippen LogP contribution < -0.4 is 5.32 Å². The molecule has 0 aromatic carbocycles. The van der Waals surface area contributed by atoms with Gasteiger partial charge in [0.25, 0.3) is 0 Å². The summed E-state index contributed by atoms with van der Waals surface area (Å²) >= 11 is 4.06. The van der Waals surface area contributed by atoms with Crippen molar-refractivity contribution < 1.29 is 4.79 Å². The van der Waals surface area contributed by atoms with Crippen LogP contribution in [-0.4, -0.2) is 17.7 Å². The number of carbonyl (C=O) groups is 1. The monoisotopic (exact) mass is 215 g/mol. The molecule has 0 radical (unpaired) electrons. The van der Waals surface area contributed by atoms with Gasteiger partial charge in [0.2, 0.25) is 5.91 Å². The van der Waals surface area contributed by atoms with Crippen LogP contribution in [0.5, 0.6) is 0 Å². The normalized spacial score (nSPS) is 25.8. The molecule has 1 aliphatic carbocycles. The molecule has 0 bridgehead atoms. The molecule has 2 nitrogen and oxygen atoms in total. The molecule has 82 valence electrons. The molecule has 0 aliphatic heterocycles. The van der Waals surface area contributed by atoms with Gasteiger partial charge in [-0.25, -0.2) is 0 Å². The lowest BCUT2D eigenvalue weighted by Crippen LogP contribution is -2.46. The minimum Gasteiger partial charge on any atom is -0.353 e. The Bertz CT molecular complexity index is 203. The molecule has 14 heavy (non-hydrogen) atoms. The maximum atomic E-state index is 11.4. The minimum absolute atomic E-state index is 0.153. The average Bonchev–Trinajstić information content (AvgIpc) is 2.09. The van der Waals surface area contributed by atoms with Crippen LogP contribution in [0.3, 0.4) is 0 Å². The smallest absolute Gasteiger partial charge is 0.221 e. The average molecular weight is 215 g/mol. The van der Waals surface area contributed by atoms with E-state index in [9.17, 15) is 4.79 Å². The van der Waals surface area contributed by atoms with Crippen LogP contribution >= 0.6 is 12.6 Å². The lowest BCUT2D eigenvalue weighted by atomic mass is 9.73. The maximum absolute atomic E-state index is 11.4. The van der Waals surface area contributed by atoms with Crippen molar-refractivity contribution in [3.05, 3.63) is 0 Å². The number of amides is 1. The summed E-state index contributed by atoms with van der Waals surface area (Å²) in [6.45, 7) is 4.50. The number of nitrogens with one attached hydrogen (secondary N) is 1. The van der Waals surface area contributed by atoms with E-state index in [4.69, 9.17) is 0 Å². The fraction of sp³-hybridized carbons (Fsp3) is 0.909. The number of hydrogen-bond donors (Lipinski definition) is 2. The molecule has 1 fully saturated rings. The molecule has 0 aromatic heterocycles. The van der Waals surface area contributed by atoms with Gasteiger partial charge in [0.1, 0.15) is 0 Å². The molecule has 1 rings (SSSR count). The molecule has 0 heterocycles. The van der Waals surface area contributed by atoms with Crippen molar-refractivity contribution in [1.82, 2.24) is 5.32 Å². The summed E-state index contributed by atoms with van der Waals surface area (Å²) in [5, 5.41) is 3.12. The molecule has 0 spiro atoms. The van der Waals surface area contributed by atoms with E-state index in [2.05, 4.69) is 31.8 Å². The lowest BCUT2D eigenvalue weighted by Gasteiger charge is -2.39. The third-order valence-corrected chi connectivity index (χ3v) is 3.40. The van der Waals surface area contributed by atoms with Gasteiger partial charge >= 0.3 is 0 Å². The van der Waals surface area contributed by atoms with Crippen molar-refractivity contribution in [1.29, 1.82) is 0 Å². The Morgan fingerprint density at radius 3 is 2.79 bits per heavy atom. The van der Waals surface area contributed by atoms with Crippen molar-refractivity contribution in [2.24, 2.45) is 5.41 Å². The van der Waals surface area contributed by atoms with Gasteiger partial charge in [0.05, 0.1) is 0 Å². The van der Waals surface area contributed by atoms with Crippen molar-refractivity contribution in [2.45, 2.75) is 52.0 Å². The first-order chi connectivity index (χ1) is 6.56. The molecule has 1 saturated carbocycles. The van der Waals surface area contributed by atoms with Crippen LogP contribution in [0, 0.1) is 5.41 Å². The second-order valence-corrected chi connectivity index (χ2v) is 5.28. The van der Waals surface area contributed by atoms with E-state index in [1.54, 1.807) is 0 Å². The van der Waals surface area contributed by atoms with Gasteiger partial charge in [-0.15, -0.1) is 0 Å². The third-order valence-electron chi connectivity index (χ3n) is 3.18. The van der Waals surface area contributed by atoms with Crippen LogP contribution in [0.2, 0.25) is 0 Å². The summed E-state index contributed by atoms with van der Waals surface area (Å²) in [6, 6.07) is 0.364. The quantitative estimate of drug-likeness (QED) is 0.695. The van der Waals surface area contributed by atoms with Gasteiger partial charge < -0.3 is 5.32 Å². The topological polar surface area (TPSA) is 29.1 Å². The molecule has 3 heteroatoms. The first kappa shape index (κ1) is 11.9. The Labute approximate surface area is 92.2 Å². The zero-order chi connectivity index (χ0) is 10.6. The van der Waals surface area contributed by atoms with Crippen molar-refractivity contribution in [3.8, 4) is 0 Å². The summed E-state index contributed by atoms with van der Waals surface area (Å²) in [4.78, 5) is 11.4. The molecule has 1 atom stereocenters. The summed E-state index contributed by atoms with van der Waals surface area (Å²) in [7, 11) is 0. The summed E-state index contributed by atoms with van der Waals surface area (Å²) < 4.78 is 0. The molecular formula is C11H21NOS. The Morgan fingerprint density at radius 2 is 2.21 bits per heavy atom. The zero-order valence-electron chi connectivity index (χ0n) is 9.18. The highest BCUT2D eigenvalue weighted by molar-refractivity contribution is 7.80. The standard InChI is InChI=1S/C11H21NOS/c1-11(2)7-4-3-5-9(11)12-10(13)6-8-14/h9,14H,3-8H2,1-2H3,(H,12,13). The summed E-state index contributed by atoms with van der Waals surface area (Å²) in [5.41, 5.74) is 0.268. The van der Waals surface area contributed by atoms with E-state index in [-0.39, 0.29) is 11.3 Å². The van der Waals surface area contributed by atoms with Crippen molar-refractivity contribution in [3.63, 3.8) is 0 Å². The Balaban J connectivity index is 2.45. The Kier molecular flexibility index (Phi) is 4.30. The van der Waals surface area contributed by atoms with E-state index in [0.29, 0.717) is 18.2 Å². The fourth-order valence-electron chi connectivity index (χ4n) is 2.13. The molecule has 0 saturated heterocycles. The van der Waals surface area contributed by atoms with Gasteiger partial charge in [-0.2, -0.15) is 12.6 Å². The first-order valence-electron chi connectivity index (χ1n) is 5.46. The number of hydrogen-bond acceptors (Lipinski definition) is 2. The largest absolute Gasteiger partial charge is 0.353 e. The van der Waals surface area contributed by atoms with Crippen molar-refractivity contribution in [2.75, 3.05) is 5.75 Å². The second kappa shape index (κ2) is 5.06. The molecule has 1 unspecified atom stereocenters. The van der Waals surface area contributed by atoms with E-state index < -0.39 is 0 Å². The first-order valence-corrected chi connectivity index (χ1v) is 6.10. The number of rotatable bonds is 3. The highest BCUT2D eigenvalue weighted by atomic mass is 32.1. The predicted octanol–water partition coefficient (Wildman–Crippen LogP) is 2.39. The van der Waals surface area contributed by atoms with Gasteiger partial charge in [0, 0.05) is 12.5 Å². The Morgan fingerprint density at radius 1 is 1.50 bits per heavy atom. The third kappa shape index (κ3) is 3.19. The Hall–Kier alpha value is -0.180. The molecule has 1 N–H and O–H groups in total. The van der Waals surface area contributed by atoms with E-state index in [0.717, 1.165) is 6.42 Å². The van der Waals surface area contributed by atoms with E-state index >= 15 is 0 Å². The number of carbonyl (C=O) groups excluding carboxylic acids is 1. The van der Waals surface area contributed by atoms with Crippen LogP contribution in [0.15, 0.2) is 0 Å². The highest BCUT2D eigenvalue weighted by Crippen LogP contribution is 2.35. The zero-order valence-corrected chi connectivity index (χ0v) is 10.1. The summed E-state index contributed by atoms with van der Waals surface area (Å²) in [6.07, 6.45) is 5.43. The fourth-order valence-corrected chi connectivity index (χ4v) is 2.33. The predicted molar refractivity (Wildman–Crippen MR) is 62.6 cm³/mol. The van der Waals surface area contributed by atoms with Crippen LogP contribution in [-0.2, 0) is 4.79 Å². The van der Waals surface area contributed by atoms with Crippen LogP contribution in [0.25, 0.3) is 0 Å². The summed E-state index contributed by atoms with van der Waals surface area (Å²) in [5.74, 6) is 0.791. The maximum Gasteiger partial charge on any atom is 0.221 e. The second-order valence-electron chi connectivity index (χ2n) is 4.83. The van der Waals surface area contributed by atoms with Gasteiger partial charge in [-0.1, -0.05) is 26.7 Å². The molecule has 0 aromatic rings.